The van der Waals surface area contributed by atoms with Gasteiger partial charge in [-0.05, 0) is 45.1 Å². The smallest absolute Gasteiger partial charge is 0.348 e. The first-order valence-corrected chi connectivity index (χ1v) is 10.6. The molecule has 2 aromatic rings. The first-order valence-electron chi connectivity index (χ1n) is 9.78. The maximum atomic E-state index is 12.1. The van der Waals surface area contributed by atoms with Crippen LogP contribution in [0.3, 0.4) is 0 Å². The normalized spacial score (nSPS) is 22.1. The molecular formula is C20H27N3O3S. The Labute approximate surface area is 163 Å². The van der Waals surface area contributed by atoms with Crippen molar-refractivity contribution < 1.29 is 14.3 Å². The van der Waals surface area contributed by atoms with Crippen LogP contribution in [0.25, 0.3) is 10.2 Å². The maximum absolute atomic E-state index is 12.1. The van der Waals surface area contributed by atoms with Gasteiger partial charge in [-0.15, -0.1) is 11.3 Å². The van der Waals surface area contributed by atoms with Crippen LogP contribution in [-0.4, -0.2) is 41.3 Å². The van der Waals surface area contributed by atoms with Crippen LogP contribution in [0.2, 0.25) is 0 Å². The molecule has 6 nitrogen and oxygen atoms in total. The van der Waals surface area contributed by atoms with E-state index in [1.54, 1.807) is 0 Å². The average molecular weight is 390 g/mol. The van der Waals surface area contributed by atoms with Gasteiger partial charge in [0.1, 0.15) is 21.3 Å². The Kier molecular flexibility index (Phi) is 5.07. The summed E-state index contributed by atoms with van der Waals surface area (Å²) in [6.45, 7) is 4.63. The van der Waals surface area contributed by atoms with Crippen molar-refractivity contribution in [2.75, 3.05) is 19.0 Å². The Bertz CT molecular complexity index is 852. The molecule has 4 rings (SSSR count). The Morgan fingerprint density at radius 1 is 1.26 bits per heavy atom. The first-order chi connectivity index (χ1) is 13.0. The van der Waals surface area contributed by atoms with Crippen molar-refractivity contribution in [3.8, 4) is 0 Å². The minimum atomic E-state index is -0.314. The fraction of sp³-hybridized carbons (Fsp3) is 0.650. The standard InChI is InChI=1S/C20H27N3O3S/c1-12-15-17(21-13(2)22-18(15)27-16(12)19(24)25-3)23-14-7-10-26-20(11-14)8-5-4-6-9-20/h14H,4-11H2,1-3H3,(H,21,22,23). The van der Waals surface area contributed by atoms with E-state index in [1.807, 2.05) is 13.8 Å². The van der Waals surface area contributed by atoms with Crippen molar-refractivity contribution in [3.63, 3.8) is 0 Å². The Hall–Kier alpha value is -1.73. The van der Waals surface area contributed by atoms with Gasteiger partial charge in [0, 0.05) is 12.6 Å². The van der Waals surface area contributed by atoms with Gasteiger partial charge in [0.25, 0.3) is 0 Å². The molecule has 2 aliphatic rings. The molecule has 0 aromatic carbocycles. The molecule has 0 radical (unpaired) electrons. The molecular weight excluding hydrogens is 362 g/mol. The number of ether oxygens (including phenoxy) is 2. The zero-order valence-electron chi connectivity index (χ0n) is 16.3. The molecule has 1 spiro atoms. The van der Waals surface area contributed by atoms with Gasteiger partial charge >= 0.3 is 5.97 Å². The molecule has 2 fully saturated rings. The minimum absolute atomic E-state index is 0.0379. The van der Waals surface area contributed by atoms with E-state index in [-0.39, 0.29) is 11.6 Å². The third-order valence-corrected chi connectivity index (χ3v) is 7.04. The number of thiophene rings is 1. The predicted octanol–water partition coefficient (Wildman–Crippen LogP) is 4.39. The van der Waals surface area contributed by atoms with Gasteiger partial charge in [-0.25, -0.2) is 14.8 Å². The fourth-order valence-corrected chi connectivity index (χ4v) is 5.67. The molecule has 1 aliphatic carbocycles. The van der Waals surface area contributed by atoms with E-state index in [4.69, 9.17) is 9.47 Å². The van der Waals surface area contributed by atoms with Gasteiger partial charge in [0.05, 0.1) is 18.1 Å². The van der Waals surface area contributed by atoms with Gasteiger partial charge in [-0.1, -0.05) is 19.3 Å². The van der Waals surface area contributed by atoms with Crippen molar-refractivity contribution in [2.45, 2.75) is 70.4 Å². The van der Waals surface area contributed by atoms with Crippen molar-refractivity contribution in [1.82, 2.24) is 9.97 Å². The molecule has 1 unspecified atom stereocenters. The number of nitrogens with one attached hydrogen (secondary N) is 1. The number of hydrogen-bond donors (Lipinski definition) is 1. The number of anilines is 1. The third-order valence-electron chi connectivity index (χ3n) is 5.87. The average Bonchev–Trinajstić information content (AvgIpc) is 2.98. The van der Waals surface area contributed by atoms with Crippen LogP contribution in [0, 0.1) is 13.8 Å². The second-order valence-electron chi connectivity index (χ2n) is 7.77. The summed E-state index contributed by atoms with van der Waals surface area (Å²) in [4.78, 5) is 22.8. The van der Waals surface area contributed by atoms with Crippen LogP contribution in [0.4, 0.5) is 5.82 Å². The van der Waals surface area contributed by atoms with Crippen LogP contribution in [0.15, 0.2) is 0 Å². The number of fused-ring (bicyclic) bond motifs is 1. The van der Waals surface area contributed by atoms with Crippen molar-refractivity contribution in [1.29, 1.82) is 0 Å². The second kappa shape index (κ2) is 7.36. The van der Waals surface area contributed by atoms with E-state index in [0.29, 0.717) is 16.7 Å². The largest absolute Gasteiger partial charge is 0.465 e. The van der Waals surface area contributed by atoms with Gasteiger partial charge in [-0.2, -0.15) is 0 Å². The second-order valence-corrected chi connectivity index (χ2v) is 8.77. The van der Waals surface area contributed by atoms with E-state index in [9.17, 15) is 4.79 Å². The lowest BCUT2D eigenvalue weighted by Gasteiger charge is -2.43. The van der Waals surface area contributed by atoms with E-state index < -0.39 is 0 Å². The Morgan fingerprint density at radius 3 is 2.78 bits per heavy atom. The summed E-state index contributed by atoms with van der Waals surface area (Å²) in [6, 6.07) is 0.329. The lowest BCUT2D eigenvalue weighted by molar-refractivity contribution is -0.103. The summed E-state index contributed by atoms with van der Waals surface area (Å²) in [6.07, 6.45) is 8.15. The van der Waals surface area contributed by atoms with Crippen molar-refractivity contribution >= 4 is 33.3 Å². The third kappa shape index (κ3) is 3.55. The number of aromatic nitrogens is 2. The number of rotatable bonds is 3. The summed E-state index contributed by atoms with van der Waals surface area (Å²) in [5.41, 5.74) is 0.930. The molecule has 1 aliphatic heterocycles. The van der Waals surface area contributed by atoms with Gasteiger partial charge in [0.2, 0.25) is 0 Å². The Balaban J connectivity index is 1.65. The first kappa shape index (κ1) is 18.6. The zero-order valence-corrected chi connectivity index (χ0v) is 17.1. The van der Waals surface area contributed by atoms with Crippen LogP contribution >= 0.6 is 11.3 Å². The number of nitrogens with zero attached hydrogens (tertiary/aromatic N) is 2. The number of carbonyl (C=O) groups excluding carboxylic acids is 1. The maximum Gasteiger partial charge on any atom is 0.348 e. The predicted molar refractivity (Wildman–Crippen MR) is 107 cm³/mol. The lowest BCUT2D eigenvalue weighted by atomic mass is 9.78. The molecule has 2 aromatic heterocycles. The van der Waals surface area contributed by atoms with Crippen molar-refractivity contribution in [2.24, 2.45) is 0 Å². The molecule has 146 valence electrons. The highest BCUT2D eigenvalue weighted by Gasteiger charge is 2.38. The molecule has 27 heavy (non-hydrogen) atoms. The van der Waals surface area contributed by atoms with Gasteiger partial charge in [0.15, 0.2) is 0 Å². The minimum Gasteiger partial charge on any atom is -0.465 e. The molecule has 1 atom stereocenters. The highest BCUT2D eigenvalue weighted by molar-refractivity contribution is 7.20. The molecule has 0 amide bonds. The molecule has 1 saturated heterocycles. The number of methoxy groups -OCH3 is 1. The van der Waals surface area contributed by atoms with Gasteiger partial charge in [-0.3, -0.25) is 0 Å². The number of aryl methyl sites for hydroxylation is 2. The van der Waals surface area contributed by atoms with Crippen molar-refractivity contribution in [3.05, 3.63) is 16.3 Å². The summed E-state index contributed by atoms with van der Waals surface area (Å²) >= 11 is 1.38. The number of carbonyl (C=O) groups is 1. The van der Waals surface area contributed by atoms with Crippen LogP contribution in [-0.2, 0) is 9.47 Å². The van der Waals surface area contributed by atoms with Crippen LogP contribution in [0.1, 0.15) is 66.0 Å². The quantitative estimate of drug-likeness (QED) is 0.785. The van der Waals surface area contributed by atoms with Crippen LogP contribution in [0.5, 0.6) is 0 Å². The number of hydrogen-bond acceptors (Lipinski definition) is 7. The van der Waals surface area contributed by atoms with E-state index in [1.165, 1.54) is 37.7 Å². The molecule has 1 N–H and O–H groups in total. The van der Waals surface area contributed by atoms with Crippen LogP contribution < -0.4 is 5.32 Å². The molecule has 7 heteroatoms. The highest BCUT2D eigenvalue weighted by Crippen LogP contribution is 2.40. The molecule has 0 bridgehead atoms. The molecule has 3 heterocycles. The summed E-state index contributed by atoms with van der Waals surface area (Å²) in [7, 11) is 1.41. The van der Waals surface area contributed by atoms with Gasteiger partial charge < -0.3 is 14.8 Å². The Morgan fingerprint density at radius 2 is 2.04 bits per heavy atom. The van der Waals surface area contributed by atoms with E-state index in [2.05, 4.69) is 15.3 Å². The topological polar surface area (TPSA) is 73.3 Å². The zero-order chi connectivity index (χ0) is 19.0. The summed E-state index contributed by atoms with van der Waals surface area (Å²) in [5, 5.41) is 4.61. The van der Waals surface area contributed by atoms with E-state index in [0.717, 1.165) is 53.9 Å². The fourth-order valence-electron chi connectivity index (χ4n) is 4.53. The summed E-state index contributed by atoms with van der Waals surface area (Å²) in [5.74, 6) is 1.23. The molecule has 1 saturated carbocycles. The highest BCUT2D eigenvalue weighted by atomic mass is 32.1. The summed E-state index contributed by atoms with van der Waals surface area (Å²) < 4.78 is 11.2. The number of esters is 1. The monoisotopic (exact) mass is 389 g/mol. The lowest BCUT2D eigenvalue weighted by Crippen LogP contribution is -2.45. The van der Waals surface area contributed by atoms with E-state index >= 15 is 0 Å². The SMILES string of the molecule is COC(=O)c1sc2nc(C)nc(NC3CCOC4(CCCCC4)C3)c2c1C.